The summed E-state index contributed by atoms with van der Waals surface area (Å²) in [6.45, 7) is 6.08. The summed E-state index contributed by atoms with van der Waals surface area (Å²) in [7, 11) is 0. The maximum Gasteiger partial charge on any atom is 0.233 e. The van der Waals surface area contributed by atoms with Crippen LogP contribution in [0.1, 0.15) is 20.8 Å². The molecule has 1 aromatic rings. The molecule has 0 saturated heterocycles. The highest BCUT2D eigenvalue weighted by atomic mass is 79.9. The van der Waals surface area contributed by atoms with Gasteiger partial charge in [0, 0.05) is 6.07 Å². The Labute approximate surface area is 97.8 Å². The molecule has 0 saturated carbocycles. The number of aliphatic hydroxyl groups excluding tert-OH is 1. The minimum absolute atomic E-state index is 0.192. The third-order valence-corrected chi connectivity index (χ3v) is 2.42. The van der Waals surface area contributed by atoms with Gasteiger partial charge in [0.25, 0.3) is 0 Å². The number of hydrogen-bond donors (Lipinski definition) is 1. The molecule has 1 heterocycles. The molecule has 0 aliphatic heterocycles. The molecule has 5 heteroatoms. The van der Waals surface area contributed by atoms with Crippen molar-refractivity contribution < 1.29 is 9.84 Å². The van der Waals surface area contributed by atoms with E-state index < -0.39 is 6.10 Å². The zero-order valence-corrected chi connectivity index (χ0v) is 10.7. The van der Waals surface area contributed by atoms with Crippen molar-refractivity contribution in [3.8, 4) is 5.88 Å². The van der Waals surface area contributed by atoms with Crippen LogP contribution in [0.15, 0.2) is 16.7 Å². The topological polar surface area (TPSA) is 55.2 Å². The van der Waals surface area contributed by atoms with Crippen LogP contribution in [-0.2, 0) is 0 Å². The fourth-order valence-corrected chi connectivity index (χ4v) is 1.01. The largest absolute Gasteiger partial charge is 0.474 e. The van der Waals surface area contributed by atoms with Crippen molar-refractivity contribution in [1.82, 2.24) is 10.2 Å². The smallest absolute Gasteiger partial charge is 0.233 e. The van der Waals surface area contributed by atoms with Gasteiger partial charge in [0.2, 0.25) is 5.88 Å². The van der Waals surface area contributed by atoms with Crippen LogP contribution in [0.4, 0.5) is 0 Å². The zero-order chi connectivity index (χ0) is 11.5. The van der Waals surface area contributed by atoms with E-state index in [0.717, 1.165) is 0 Å². The quantitative estimate of drug-likeness (QED) is 0.917. The number of hydrogen-bond acceptors (Lipinski definition) is 4. The van der Waals surface area contributed by atoms with E-state index in [1.54, 1.807) is 12.1 Å². The Bertz CT molecular complexity index is 308. The first-order chi connectivity index (χ1) is 6.89. The van der Waals surface area contributed by atoms with E-state index in [-0.39, 0.29) is 12.0 Å². The SMILES string of the molecule is CC(C)(C)[C@H](O)COc1ccc(Br)nn1. The van der Waals surface area contributed by atoms with Crippen molar-refractivity contribution >= 4 is 15.9 Å². The lowest BCUT2D eigenvalue weighted by molar-refractivity contribution is 0.0202. The van der Waals surface area contributed by atoms with Gasteiger partial charge < -0.3 is 9.84 Å². The summed E-state index contributed by atoms with van der Waals surface area (Å²) in [5.74, 6) is 0.418. The molecule has 0 aliphatic carbocycles. The molecule has 0 amide bonds. The van der Waals surface area contributed by atoms with Gasteiger partial charge in [-0.05, 0) is 27.4 Å². The Hall–Kier alpha value is -0.680. The Kier molecular flexibility index (Phi) is 4.04. The fourth-order valence-electron chi connectivity index (χ4n) is 0.795. The van der Waals surface area contributed by atoms with E-state index in [1.807, 2.05) is 20.8 Å². The number of ether oxygens (including phenoxy) is 1. The standard InChI is InChI=1S/C10H15BrN2O2/c1-10(2,3)7(14)6-15-9-5-4-8(11)12-13-9/h4-5,7,14H,6H2,1-3H3/t7-/m1/s1. The van der Waals surface area contributed by atoms with E-state index in [4.69, 9.17) is 4.74 Å². The van der Waals surface area contributed by atoms with Crippen molar-refractivity contribution in [3.05, 3.63) is 16.7 Å². The van der Waals surface area contributed by atoms with Gasteiger partial charge in [-0.2, -0.15) is 0 Å². The Morgan fingerprint density at radius 1 is 1.40 bits per heavy atom. The van der Waals surface area contributed by atoms with Gasteiger partial charge in [-0.3, -0.25) is 0 Å². The van der Waals surface area contributed by atoms with Crippen molar-refractivity contribution in [2.45, 2.75) is 26.9 Å². The van der Waals surface area contributed by atoms with Gasteiger partial charge in [-0.15, -0.1) is 10.2 Å². The highest BCUT2D eigenvalue weighted by molar-refractivity contribution is 9.10. The monoisotopic (exact) mass is 274 g/mol. The summed E-state index contributed by atoms with van der Waals surface area (Å²) in [5, 5.41) is 17.3. The molecule has 1 rings (SSSR count). The molecule has 0 spiro atoms. The highest BCUT2D eigenvalue weighted by Gasteiger charge is 2.22. The normalized spacial score (nSPS) is 13.7. The third kappa shape index (κ3) is 4.13. The van der Waals surface area contributed by atoms with Gasteiger partial charge in [-0.25, -0.2) is 0 Å². The van der Waals surface area contributed by atoms with Gasteiger partial charge in [-0.1, -0.05) is 20.8 Å². The predicted molar refractivity (Wildman–Crippen MR) is 60.7 cm³/mol. The lowest BCUT2D eigenvalue weighted by Gasteiger charge is -2.25. The molecule has 15 heavy (non-hydrogen) atoms. The summed E-state index contributed by atoms with van der Waals surface area (Å²) in [6.07, 6.45) is -0.525. The molecule has 1 aromatic heterocycles. The lowest BCUT2D eigenvalue weighted by Crippen LogP contribution is -2.32. The third-order valence-electron chi connectivity index (χ3n) is 2.00. The second-order valence-corrected chi connectivity index (χ2v) is 5.20. The van der Waals surface area contributed by atoms with Gasteiger partial charge >= 0.3 is 0 Å². The molecule has 0 radical (unpaired) electrons. The van der Waals surface area contributed by atoms with E-state index in [9.17, 15) is 5.11 Å². The van der Waals surface area contributed by atoms with Gasteiger partial charge in [0.1, 0.15) is 11.2 Å². The van der Waals surface area contributed by atoms with Crippen molar-refractivity contribution in [3.63, 3.8) is 0 Å². The maximum atomic E-state index is 9.72. The number of aliphatic hydroxyl groups is 1. The van der Waals surface area contributed by atoms with E-state index in [0.29, 0.717) is 10.5 Å². The van der Waals surface area contributed by atoms with Crippen LogP contribution in [0.5, 0.6) is 5.88 Å². The molecule has 0 unspecified atom stereocenters. The van der Waals surface area contributed by atoms with Crippen LogP contribution in [-0.4, -0.2) is 28.0 Å². The molecular formula is C10H15BrN2O2. The second-order valence-electron chi connectivity index (χ2n) is 4.39. The summed E-state index contributed by atoms with van der Waals surface area (Å²) in [5.41, 5.74) is -0.192. The fraction of sp³-hybridized carbons (Fsp3) is 0.600. The molecule has 1 atom stereocenters. The summed E-state index contributed by atoms with van der Waals surface area (Å²) < 4.78 is 5.96. The summed E-state index contributed by atoms with van der Waals surface area (Å²) >= 11 is 3.18. The van der Waals surface area contributed by atoms with Crippen LogP contribution < -0.4 is 4.74 Å². The molecule has 4 nitrogen and oxygen atoms in total. The van der Waals surface area contributed by atoms with Crippen molar-refractivity contribution in [2.24, 2.45) is 5.41 Å². The molecule has 0 aliphatic rings. The summed E-state index contributed by atoms with van der Waals surface area (Å²) in [4.78, 5) is 0. The Morgan fingerprint density at radius 3 is 2.53 bits per heavy atom. The van der Waals surface area contributed by atoms with Crippen molar-refractivity contribution in [2.75, 3.05) is 6.61 Å². The first kappa shape index (κ1) is 12.4. The lowest BCUT2D eigenvalue weighted by atomic mass is 9.90. The molecular weight excluding hydrogens is 260 g/mol. The number of aromatic nitrogens is 2. The van der Waals surface area contributed by atoms with Crippen LogP contribution in [0, 0.1) is 5.41 Å². The Balaban J connectivity index is 2.47. The van der Waals surface area contributed by atoms with Gasteiger partial charge in [0.05, 0.1) is 6.10 Å². The van der Waals surface area contributed by atoms with E-state index >= 15 is 0 Å². The molecule has 1 N–H and O–H groups in total. The minimum Gasteiger partial charge on any atom is -0.474 e. The van der Waals surface area contributed by atoms with Crippen LogP contribution in [0.2, 0.25) is 0 Å². The van der Waals surface area contributed by atoms with Crippen LogP contribution in [0.25, 0.3) is 0 Å². The maximum absolute atomic E-state index is 9.72. The van der Waals surface area contributed by atoms with Crippen LogP contribution >= 0.6 is 15.9 Å². The predicted octanol–water partition coefficient (Wildman–Crippen LogP) is 2.02. The Morgan fingerprint density at radius 2 is 2.07 bits per heavy atom. The van der Waals surface area contributed by atoms with Crippen molar-refractivity contribution in [1.29, 1.82) is 0 Å². The van der Waals surface area contributed by atoms with Gasteiger partial charge in [0.15, 0.2) is 0 Å². The highest BCUT2D eigenvalue weighted by Crippen LogP contribution is 2.19. The number of halogens is 1. The first-order valence-corrected chi connectivity index (χ1v) is 5.49. The molecule has 0 aromatic carbocycles. The zero-order valence-electron chi connectivity index (χ0n) is 9.07. The average molecular weight is 275 g/mol. The van der Waals surface area contributed by atoms with E-state index in [1.165, 1.54) is 0 Å². The molecule has 0 bridgehead atoms. The first-order valence-electron chi connectivity index (χ1n) is 4.69. The van der Waals surface area contributed by atoms with Crippen LogP contribution in [0.3, 0.4) is 0 Å². The number of nitrogens with zero attached hydrogens (tertiary/aromatic N) is 2. The molecule has 84 valence electrons. The molecule has 0 fully saturated rings. The number of rotatable bonds is 3. The summed E-state index contributed by atoms with van der Waals surface area (Å²) in [6, 6.07) is 3.44. The second kappa shape index (κ2) is 4.90. The minimum atomic E-state index is -0.525. The van der Waals surface area contributed by atoms with E-state index in [2.05, 4.69) is 26.1 Å². The average Bonchev–Trinajstić information content (AvgIpc) is 2.15.